The first kappa shape index (κ1) is 13.4. The number of nitrogens with two attached hydrogens (primary N) is 1. The number of nitrogen functional groups attached to an aromatic ring is 1. The van der Waals surface area contributed by atoms with Gasteiger partial charge in [-0.1, -0.05) is 35.9 Å². The fourth-order valence-corrected chi connectivity index (χ4v) is 1.89. The second kappa shape index (κ2) is 5.76. The van der Waals surface area contributed by atoms with Gasteiger partial charge in [0.15, 0.2) is 0 Å². The van der Waals surface area contributed by atoms with Crippen LogP contribution in [0.3, 0.4) is 0 Å². The van der Waals surface area contributed by atoms with Crippen LogP contribution in [0.25, 0.3) is 0 Å². The second-order valence-corrected chi connectivity index (χ2v) is 4.75. The molecule has 0 aliphatic carbocycles. The van der Waals surface area contributed by atoms with Crippen molar-refractivity contribution in [3.8, 4) is 0 Å². The molecule has 3 N–H and O–H groups in total. The van der Waals surface area contributed by atoms with Gasteiger partial charge in [0, 0.05) is 22.8 Å². The minimum atomic E-state index is -0.162. The van der Waals surface area contributed by atoms with Crippen LogP contribution in [0.5, 0.6) is 0 Å². The molecule has 98 valence electrons. The number of halogens is 1. The van der Waals surface area contributed by atoms with Gasteiger partial charge < -0.3 is 11.1 Å². The minimum absolute atomic E-state index is 0.162. The van der Waals surface area contributed by atoms with Crippen LogP contribution in [0.15, 0.2) is 42.5 Å². The number of para-hydroxylation sites is 1. The Hall–Kier alpha value is -2.00. The number of carbonyl (C=O) groups is 1. The van der Waals surface area contributed by atoms with Gasteiger partial charge in [0.2, 0.25) is 0 Å². The molecule has 0 radical (unpaired) electrons. The lowest BCUT2D eigenvalue weighted by Crippen LogP contribution is -2.23. The molecule has 0 unspecified atom stereocenters. The third-order valence-corrected chi connectivity index (χ3v) is 3.34. The molecule has 0 fully saturated rings. The number of aryl methyl sites for hydroxylation is 1. The molecule has 0 bridgehead atoms. The van der Waals surface area contributed by atoms with E-state index in [0.29, 0.717) is 22.8 Å². The number of hydrogen-bond donors (Lipinski definition) is 2. The van der Waals surface area contributed by atoms with Crippen LogP contribution in [-0.2, 0) is 6.54 Å². The number of anilines is 1. The largest absolute Gasteiger partial charge is 0.398 e. The molecule has 0 aliphatic rings. The van der Waals surface area contributed by atoms with Gasteiger partial charge in [-0.25, -0.2) is 0 Å². The van der Waals surface area contributed by atoms with Crippen LogP contribution in [0.1, 0.15) is 21.5 Å². The molecule has 0 atom stereocenters. The summed E-state index contributed by atoms with van der Waals surface area (Å²) in [5, 5.41) is 3.41. The Bertz CT molecular complexity index is 611. The maximum atomic E-state index is 12.0. The average Bonchev–Trinajstić information content (AvgIpc) is 2.40. The van der Waals surface area contributed by atoms with Crippen LogP contribution in [-0.4, -0.2) is 5.91 Å². The third-order valence-electron chi connectivity index (χ3n) is 2.93. The third kappa shape index (κ3) is 3.26. The van der Waals surface area contributed by atoms with E-state index in [1.165, 1.54) is 0 Å². The molecule has 2 aromatic rings. The maximum Gasteiger partial charge on any atom is 0.251 e. The number of carbonyl (C=O) groups excluding carboxylic acids is 1. The van der Waals surface area contributed by atoms with E-state index in [4.69, 9.17) is 17.3 Å². The lowest BCUT2D eigenvalue weighted by Gasteiger charge is -2.08. The predicted octanol–water partition coefficient (Wildman–Crippen LogP) is 3.16. The smallest absolute Gasteiger partial charge is 0.251 e. The van der Waals surface area contributed by atoms with Crippen LogP contribution in [0, 0.1) is 6.92 Å². The van der Waals surface area contributed by atoms with Gasteiger partial charge in [0.25, 0.3) is 5.91 Å². The Morgan fingerprint density at radius 1 is 1.26 bits per heavy atom. The highest BCUT2D eigenvalue weighted by Gasteiger charge is 2.07. The molecule has 2 rings (SSSR count). The number of hydrogen-bond acceptors (Lipinski definition) is 2. The van der Waals surface area contributed by atoms with Crippen molar-refractivity contribution < 1.29 is 4.79 Å². The summed E-state index contributed by atoms with van der Waals surface area (Å²) in [4.78, 5) is 12.0. The summed E-state index contributed by atoms with van der Waals surface area (Å²) in [5.74, 6) is -0.162. The molecule has 1 amide bonds. The zero-order valence-electron chi connectivity index (χ0n) is 10.6. The highest BCUT2D eigenvalue weighted by molar-refractivity contribution is 6.31. The van der Waals surface area contributed by atoms with Gasteiger partial charge in [0.05, 0.1) is 0 Å². The summed E-state index contributed by atoms with van der Waals surface area (Å²) in [6.45, 7) is 2.30. The van der Waals surface area contributed by atoms with Gasteiger partial charge in [0.1, 0.15) is 0 Å². The summed E-state index contributed by atoms with van der Waals surface area (Å²) in [6, 6.07) is 12.7. The topological polar surface area (TPSA) is 55.1 Å². The van der Waals surface area contributed by atoms with E-state index >= 15 is 0 Å². The molecule has 0 spiro atoms. The standard InChI is InChI=1S/C15H15ClN2O/c1-10-6-7-11(8-13(10)16)15(19)18-9-12-4-2-3-5-14(12)17/h2-8H,9,17H2,1H3,(H,18,19). The van der Waals surface area contributed by atoms with Crippen LogP contribution < -0.4 is 11.1 Å². The van der Waals surface area contributed by atoms with Crippen molar-refractivity contribution in [1.29, 1.82) is 0 Å². The first-order valence-electron chi connectivity index (χ1n) is 5.95. The molecular formula is C15H15ClN2O. The van der Waals surface area contributed by atoms with E-state index in [-0.39, 0.29) is 5.91 Å². The van der Waals surface area contributed by atoms with E-state index in [1.807, 2.05) is 37.3 Å². The van der Waals surface area contributed by atoms with Gasteiger partial charge >= 0.3 is 0 Å². The van der Waals surface area contributed by atoms with Crippen molar-refractivity contribution in [2.45, 2.75) is 13.5 Å². The lowest BCUT2D eigenvalue weighted by atomic mass is 10.1. The van der Waals surface area contributed by atoms with Crippen molar-refractivity contribution in [3.05, 3.63) is 64.2 Å². The first-order valence-corrected chi connectivity index (χ1v) is 6.33. The van der Waals surface area contributed by atoms with Crippen LogP contribution >= 0.6 is 11.6 Å². The van der Waals surface area contributed by atoms with Crippen LogP contribution in [0.4, 0.5) is 5.69 Å². The molecule has 0 aliphatic heterocycles. The predicted molar refractivity (Wildman–Crippen MR) is 78.2 cm³/mol. The Kier molecular flexibility index (Phi) is 4.07. The Morgan fingerprint density at radius 2 is 2.00 bits per heavy atom. The van der Waals surface area contributed by atoms with E-state index in [9.17, 15) is 4.79 Å². The fraction of sp³-hybridized carbons (Fsp3) is 0.133. The Labute approximate surface area is 117 Å². The highest BCUT2D eigenvalue weighted by Crippen LogP contribution is 2.17. The van der Waals surface area contributed by atoms with Crippen LogP contribution in [0.2, 0.25) is 5.02 Å². The quantitative estimate of drug-likeness (QED) is 0.845. The second-order valence-electron chi connectivity index (χ2n) is 4.35. The average molecular weight is 275 g/mol. The van der Waals surface area contributed by atoms with Gasteiger partial charge in [-0.3, -0.25) is 4.79 Å². The number of rotatable bonds is 3. The summed E-state index contributed by atoms with van der Waals surface area (Å²) < 4.78 is 0. The van der Waals surface area contributed by atoms with Crippen molar-refractivity contribution in [2.75, 3.05) is 5.73 Å². The van der Waals surface area contributed by atoms with E-state index in [0.717, 1.165) is 11.1 Å². The molecule has 0 heterocycles. The highest BCUT2D eigenvalue weighted by atomic mass is 35.5. The van der Waals surface area contributed by atoms with E-state index < -0.39 is 0 Å². The zero-order chi connectivity index (χ0) is 13.8. The molecule has 3 nitrogen and oxygen atoms in total. The van der Waals surface area contributed by atoms with E-state index in [2.05, 4.69) is 5.32 Å². The fourth-order valence-electron chi connectivity index (χ4n) is 1.71. The van der Waals surface area contributed by atoms with Crippen molar-refractivity contribution >= 4 is 23.2 Å². The molecule has 0 saturated carbocycles. The molecule has 19 heavy (non-hydrogen) atoms. The summed E-state index contributed by atoms with van der Waals surface area (Å²) >= 11 is 6.00. The summed E-state index contributed by atoms with van der Waals surface area (Å²) in [7, 11) is 0. The zero-order valence-corrected chi connectivity index (χ0v) is 11.4. The molecule has 0 saturated heterocycles. The number of benzene rings is 2. The Balaban J connectivity index is 2.05. The minimum Gasteiger partial charge on any atom is -0.398 e. The summed E-state index contributed by atoms with van der Waals surface area (Å²) in [6.07, 6.45) is 0. The van der Waals surface area contributed by atoms with Gasteiger partial charge in [-0.05, 0) is 36.2 Å². The monoisotopic (exact) mass is 274 g/mol. The lowest BCUT2D eigenvalue weighted by molar-refractivity contribution is 0.0951. The Morgan fingerprint density at radius 3 is 2.68 bits per heavy atom. The molecule has 2 aromatic carbocycles. The number of amides is 1. The van der Waals surface area contributed by atoms with E-state index in [1.54, 1.807) is 12.1 Å². The van der Waals surface area contributed by atoms with Crippen molar-refractivity contribution in [1.82, 2.24) is 5.32 Å². The first-order chi connectivity index (χ1) is 9.08. The molecule has 4 heteroatoms. The maximum absolute atomic E-state index is 12.0. The van der Waals surface area contributed by atoms with Crippen molar-refractivity contribution in [3.63, 3.8) is 0 Å². The SMILES string of the molecule is Cc1ccc(C(=O)NCc2ccccc2N)cc1Cl. The van der Waals surface area contributed by atoms with Gasteiger partial charge in [-0.2, -0.15) is 0 Å². The number of nitrogens with one attached hydrogen (secondary N) is 1. The molecular weight excluding hydrogens is 260 g/mol. The van der Waals surface area contributed by atoms with Gasteiger partial charge in [-0.15, -0.1) is 0 Å². The summed E-state index contributed by atoms with van der Waals surface area (Å²) in [5.41, 5.74) is 8.88. The normalized spacial score (nSPS) is 10.2. The van der Waals surface area contributed by atoms with Crippen molar-refractivity contribution in [2.24, 2.45) is 0 Å². The molecule has 0 aromatic heterocycles.